The zero-order chi connectivity index (χ0) is 17.8. The molecule has 0 fully saturated rings. The van der Waals surface area contributed by atoms with E-state index in [2.05, 4.69) is 95.4 Å². The average molecular weight is 472 g/mol. The van der Waals surface area contributed by atoms with Crippen LogP contribution in [0.4, 0.5) is 0 Å². The fraction of sp³-hybridized carbons (Fsp3) is 0. The summed E-state index contributed by atoms with van der Waals surface area (Å²) in [5.41, 5.74) is 0. The van der Waals surface area contributed by atoms with Gasteiger partial charge in [-0.2, -0.15) is 10.9 Å². The van der Waals surface area contributed by atoms with Crippen LogP contribution >= 0.6 is 33.5 Å². The predicted molar refractivity (Wildman–Crippen MR) is 115 cm³/mol. The maximum Gasteiger partial charge on any atom is 0.290 e. The first-order chi connectivity index (χ1) is 12.8. The first-order valence-electron chi connectivity index (χ1n) is 8.22. The molecule has 0 atom stereocenters. The van der Waals surface area contributed by atoms with Crippen molar-refractivity contribution in [2.45, 2.75) is 14.7 Å². The van der Waals surface area contributed by atoms with E-state index < -0.39 is 10.9 Å². The minimum Gasteiger partial charge on any atom is -0.433 e. The summed E-state index contributed by atoms with van der Waals surface area (Å²) in [5, 5.41) is 0. The second-order valence-electron chi connectivity index (χ2n) is 5.69. The number of ether oxygens (including phenoxy) is 1. The third kappa shape index (κ3) is 3.97. The van der Waals surface area contributed by atoms with Gasteiger partial charge in [0.1, 0.15) is 12.0 Å². The maximum atomic E-state index is 5.78. The number of benzene rings is 3. The predicted octanol–water partition coefficient (Wildman–Crippen LogP) is 7.15. The minimum atomic E-state index is -0.594. The van der Waals surface area contributed by atoms with E-state index in [4.69, 9.17) is 9.15 Å². The van der Waals surface area contributed by atoms with E-state index in [1.165, 1.54) is 14.7 Å². The van der Waals surface area contributed by atoms with E-state index in [1.807, 2.05) is 18.2 Å². The van der Waals surface area contributed by atoms with Gasteiger partial charge < -0.3 is 9.15 Å². The normalized spacial score (nSPS) is 11.2. The van der Waals surface area contributed by atoms with Crippen LogP contribution in [0.15, 0.2) is 116 Å². The quantitative estimate of drug-likeness (QED) is 0.246. The molecule has 3 aromatic carbocycles. The molecule has 4 aromatic rings. The lowest BCUT2D eigenvalue weighted by atomic mass is 10.3. The zero-order valence-electron chi connectivity index (χ0n) is 13.9. The Morgan fingerprint density at radius 3 is 1.73 bits per heavy atom. The molecular formula is C22H17IO2S. The highest BCUT2D eigenvalue weighted by Crippen LogP contribution is 2.51. The molecule has 4 heteroatoms. The van der Waals surface area contributed by atoms with Crippen molar-refractivity contribution in [3.63, 3.8) is 0 Å². The summed E-state index contributed by atoms with van der Waals surface area (Å²) in [5.74, 6) is 1.28. The first kappa shape index (κ1) is 17.2. The van der Waals surface area contributed by atoms with Gasteiger partial charge in [-0.25, -0.2) is 0 Å². The van der Waals surface area contributed by atoms with Crippen molar-refractivity contribution in [1.82, 2.24) is 0 Å². The van der Waals surface area contributed by atoms with Crippen molar-refractivity contribution in [2.75, 3.05) is 0 Å². The zero-order valence-corrected chi connectivity index (χ0v) is 16.9. The van der Waals surface area contributed by atoms with Crippen molar-refractivity contribution in [1.29, 1.82) is 0 Å². The molecule has 0 aliphatic carbocycles. The van der Waals surface area contributed by atoms with E-state index in [0.717, 1.165) is 9.32 Å². The Morgan fingerprint density at radius 1 is 0.692 bits per heavy atom. The molecule has 0 saturated heterocycles. The van der Waals surface area contributed by atoms with Gasteiger partial charge in [0, 0.05) is 6.07 Å². The second-order valence-corrected chi connectivity index (χ2v) is 9.15. The number of furan rings is 1. The van der Waals surface area contributed by atoms with Crippen LogP contribution in [-0.4, -0.2) is 0 Å². The number of hydrogen-bond donors (Lipinski definition) is 1. The van der Waals surface area contributed by atoms with Crippen LogP contribution in [0.1, 0.15) is 0 Å². The molecule has 0 bridgehead atoms. The van der Waals surface area contributed by atoms with Crippen LogP contribution in [0.5, 0.6) is 11.7 Å². The Hall–Kier alpha value is -2.18. The van der Waals surface area contributed by atoms with Crippen molar-refractivity contribution in [3.8, 4) is 11.7 Å². The fourth-order valence-corrected chi connectivity index (χ4v) is 5.39. The summed E-state index contributed by atoms with van der Waals surface area (Å²) in [6.07, 6.45) is 1.67. The summed E-state index contributed by atoms with van der Waals surface area (Å²) < 4.78 is 12.2. The van der Waals surface area contributed by atoms with Gasteiger partial charge in [-0.1, -0.05) is 36.4 Å². The molecule has 1 heterocycles. The molecule has 0 unspecified atom stereocenters. The Labute approximate surface area is 169 Å². The van der Waals surface area contributed by atoms with Crippen LogP contribution in [0, 0.1) is 3.57 Å². The van der Waals surface area contributed by atoms with Crippen LogP contribution in [0.2, 0.25) is 0 Å². The van der Waals surface area contributed by atoms with Gasteiger partial charge in [-0.15, -0.1) is 0 Å². The Balaban J connectivity index is 1.66. The lowest BCUT2D eigenvalue weighted by Gasteiger charge is -2.23. The Morgan fingerprint density at radius 2 is 1.23 bits per heavy atom. The molecule has 0 radical (unpaired) electrons. The molecule has 2 nitrogen and oxygen atoms in total. The average Bonchev–Trinajstić information content (AvgIpc) is 3.10. The van der Waals surface area contributed by atoms with Gasteiger partial charge in [-0.3, -0.25) is 0 Å². The first-order valence-corrected chi connectivity index (χ1v) is 10.6. The van der Waals surface area contributed by atoms with Crippen molar-refractivity contribution >= 4 is 33.5 Å². The van der Waals surface area contributed by atoms with Gasteiger partial charge in [0.25, 0.3) is 5.95 Å². The molecule has 0 aliphatic rings. The summed E-state index contributed by atoms with van der Waals surface area (Å²) in [7, 11) is -0.594. The van der Waals surface area contributed by atoms with E-state index in [0.29, 0.717) is 5.95 Å². The molecule has 0 aliphatic heterocycles. The van der Waals surface area contributed by atoms with Gasteiger partial charge in [0.05, 0.1) is 3.57 Å². The highest BCUT2D eigenvalue weighted by molar-refractivity contribution is 14.1. The molecular weight excluding hydrogens is 455 g/mol. The number of rotatable bonds is 5. The minimum absolute atomic E-state index is 0.510. The monoisotopic (exact) mass is 472 g/mol. The standard InChI is InChI=1S/C22H17IO2S/c23-17-15-22(24-16-17)25-18-11-13-21(14-12-18)26(19-7-3-1-4-8-19)20-9-5-2-6-10-20/h1-16,26H. The van der Waals surface area contributed by atoms with Crippen molar-refractivity contribution in [3.05, 3.63) is 101 Å². The topological polar surface area (TPSA) is 22.4 Å². The molecule has 1 aromatic heterocycles. The van der Waals surface area contributed by atoms with Crippen LogP contribution in [-0.2, 0) is 0 Å². The fourth-order valence-electron chi connectivity index (χ4n) is 2.73. The lowest BCUT2D eigenvalue weighted by Crippen LogP contribution is -1.89. The van der Waals surface area contributed by atoms with E-state index in [-0.39, 0.29) is 0 Å². The summed E-state index contributed by atoms with van der Waals surface area (Å²) >= 11 is 2.20. The van der Waals surface area contributed by atoms with E-state index in [9.17, 15) is 0 Å². The van der Waals surface area contributed by atoms with Gasteiger partial charge in [0.15, 0.2) is 0 Å². The van der Waals surface area contributed by atoms with Crippen LogP contribution < -0.4 is 4.74 Å². The number of hydrogen-bond acceptors (Lipinski definition) is 2. The van der Waals surface area contributed by atoms with Crippen molar-refractivity contribution < 1.29 is 9.15 Å². The molecule has 26 heavy (non-hydrogen) atoms. The highest BCUT2D eigenvalue weighted by Gasteiger charge is 2.12. The maximum absolute atomic E-state index is 5.78. The third-order valence-corrected chi connectivity index (χ3v) is 6.89. The molecule has 0 spiro atoms. The van der Waals surface area contributed by atoms with Gasteiger partial charge in [-0.05, 0) is 85.8 Å². The summed E-state index contributed by atoms with van der Waals surface area (Å²) in [4.78, 5) is 3.96. The van der Waals surface area contributed by atoms with E-state index in [1.54, 1.807) is 6.26 Å². The Kier molecular flexibility index (Phi) is 5.32. The van der Waals surface area contributed by atoms with Crippen molar-refractivity contribution in [2.24, 2.45) is 0 Å². The third-order valence-electron chi connectivity index (χ3n) is 3.89. The molecule has 130 valence electrons. The molecule has 0 N–H and O–H groups in total. The number of halogens is 1. The molecule has 0 amide bonds. The lowest BCUT2D eigenvalue weighted by molar-refractivity contribution is 0.346. The van der Waals surface area contributed by atoms with E-state index >= 15 is 0 Å². The highest BCUT2D eigenvalue weighted by atomic mass is 127. The second kappa shape index (κ2) is 8.01. The largest absolute Gasteiger partial charge is 0.433 e. The smallest absolute Gasteiger partial charge is 0.290 e. The van der Waals surface area contributed by atoms with Crippen LogP contribution in [0.3, 0.4) is 0 Å². The van der Waals surface area contributed by atoms with Gasteiger partial charge in [0.2, 0.25) is 0 Å². The Bertz CT molecular complexity index is 926. The number of thiol groups is 1. The van der Waals surface area contributed by atoms with Gasteiger partial charge >= 0.3 is 0 Å². The van der Waals surface area contributed by atoms with Crippen LogP contribution in [0.25, 0.3) is 0 Å². The summed E-state index contributed by atoms with van der Waals surface area (Å²) in [6.45, 7) is 0. The molecule has 4 rings (SSSR count). The SMILES string of the molecule is Ic1coc(Oc2ccc([SH](c3ccccc3)c3ccccc3)cc2)c1. The molecule has 0 saturated carbocycles. The summed E-state index contributed by atoms with van der Waals surface area (Å²) in [6, 6.07) is 31.5.